The first kappa shape index (κ1) is 16.9. The van der Waals surface area contributed by atoms with Crippen molar-refractivity contribution in [3.63, 3.8) is 0 Å². The molecule has 0 saturated carbocycles. The van der Waals surface area contributed by atoms with Crippen LogP contribution in [0, 0.1) is 0 Å². The summed E-state index contributed by atoms with van der Waals surface area (Å²) in [5, 5.41) is 2.64. The lowest BCUT2D eigenvalue weighted by Gasteiger charge is -2.28. The number of morpholine rings is 1. The highest BCUT2D eigenvalue weighted by molar-refractivity contribution is 5.89. The van der Waals surface area contributed by atoms with Crippen molar-refractivity contribution in [2.75, 3.05) is 36.5 Å². The Balaban J connectivity index is 1.64. The molecule has 1 saturated heterocycles. The molecule has 2 aromatic heterocycles. The summed E-state index contributed by atoms with van der Waals surface area (Å²) < 4.78 is 7.42. The van der Waals surface area contributed by atoms with Gasteiger partial charge in [-0.3, -0.25) is 18.7 Å². The summed E-state index contributed by atoms with van der Waals surface area (Å²) in [6.07, 6.45) is 3.00. The first-order chi connectivity index (χ1) is 12.0. The number of anilines is 2. The molecule has 3 heterocycles. The van der Waals surface area contributed by atoms with E-state index in [2.05, 4.69) is 15.2 Å². The molecule has 0 unspecified atom stereocenters. The number of amides is 1. The van der Waals surface area contributed by atoms with Crippen LogP contribution in [-0.2, 0) is 23.1 Å². The summed E-state index contributed by atoms with van der Waals surface area (Å²) in [7, 11) is 1.37. The summed E-state index contributed by atoms with van der Waals surface area (Å²) in [5.74, 6) is 0.00671. The molecule has 1 aliphatic heterocycles. The lowest BCUT2D eigenvalue weighted by Crippen LogP contribution is -2.39. The number of nitrogens with one attached hydrogen (secondary N) is 1. The zero-order valence-corrected chi connectivity index (χ0v) is 13.8. The van der Waals surface area contributed by atoms with Gasteiger partial charge in [-0.25, -0.2) is 9.78 Å². The van der Waals surface area contributed by atoms with Crippen molar-refractivity contribution in [2.24, 2.45) is 7.05 Å². The minimum atomic E-state index is -0.543. The molecular formula is C16H19N5O4. The second kappa shape index (κ2) is 7.31. The van der Waals surface area contributed by atoms with E-state index in [-0.39, 0.29) is 6.54 Å². The minimum absolute atomic E-state index is 0.195. The Morgan fingerprint density at radius 3 is 2.68 bits per heavy atom. The highest BCUT2D eigenvalue weighted by Crippen LogP contribution is 2.16. The van der Waals surface area contributed by atoms with Gasteiger partial charge in [0.2, 0.25) is 5.91 Å². The van der Waals surface area contributed by atoms with Crippen molar-refractivity contribution in [1.82, 2.24) is 14.1 Å². The number of nitrogens with zero attached hydrogens (tertiary/aromatic N) is 4. The van der Waals surface area contributed by atoms with Crippen molar-refractivity contribution in [2.45, 2.75) is 6.54 Å². The van der Waals surface area contributed by atoms with Crippen molar-refractivity contribution in [3.8, 4) is 0 Å². The number of aromatic nitrogens is 3. The summed E-state index contributed by atoms with van der Waals surface area (Å²) in [5.41, 5.74) is 0.0101. The highest BCUT2D eigenvalue weighted by Gasteiger charge is 2.12. The number of hydrogen-bond donors (Lipinski definition) is 1. The fraction of sp³-hybridized carbons (Fsp3) is 0.375. The summed E-state index contributed by atoms with van der Waals surface area (Å²) in [6.45, 7) is 2.80. The van der Waals surface area contributed by atoms with E-state index in [1.165, 1.54) is 23.9 Å². The zero-order chi connectivity index (χ0) is 17.8. The third-order valence-corrected chi connectivity index (χ3v) is 3.97. The van der Waals surface area contributed by atoms with Crippen LogP contribution in [-0.4, -0.2) is 46.3 Å². The van der Waals surface area contributed by atoms with Crippen LogP contribution in [0.2, 0.25) is 0 Å². The largest absolute Gasteiger partial charge is 0.378 e. The molecule has 1 N–H and O–H groups in total. The monoisotopic (exact) mass is 345 g/mol. The quantitative estimate of drug-likeness (QED) is 0.796. The van der Waals surface area contributed by atoms with E-state index >= 15 is 0 Å². The molecular weight excluding hydrogens is 326 g/mol. The number of carbonyl (C=O) groups is 1. The normalized spacial score (nSPS) is 14.4. The van der Waals surface area contributed by atoms with E-state index in [4.69, 9.17) is 4.74 Å². The predicted molar refractivity (Wildman–Crippen MR) is 91.8 cm³/mol. The third kappa shape index (κ3) is 3.94. The first-order valence-corrected chi connectivity index (χ1v) is 7.89. The molecule has 0 aromatic carbocycles. The Morgan fingerprint density at radius 1 is 1.24 bits per heavy atom. The van der Waals surface area contributed by atoms with Crippen LogP contribution in [0.1, 0.15) is 0 Å². The average molecular weight is 345 g/mol. The van der Waals surface area contributed by atoms with Gasteiger partial charge >= 0.3 is 5.69 Å². The van der Waals surface area contributed by atoms with Gasteiger partial charge in [-0.2, -0.15) is 0 Å². The number of pyridine rings is 1. The maximum Gasteiger partial charge on any atom is 0.331 e. The van der Waals surface area contributed by atoms with E-state index in [0.717, 1.165) is 23.3 Å². The van der Waals surface area contributed by atoms with Crippen LogP contribution in [0.25, 0.3) is 0 Å². The molecule has 9 heteroatoms. The molecule has 0 aliphatic carbocycles. The number of carbonyl (C=O) groups excluding carboxylic acids is 1. The molecule has 1 aliphatic rings. The Kier molecular flexibility index (Phi) is 4.94. The Labute approximate surface area is 143 Å². The predicted octanol–water partition coefficient (Wildman–Crippen LogP) is -0.583. The maximum absolute atomic E-state index is 12.1. The molecule has 1 fully saturated rings. The highest BCUT2D eigenvalue weighted by atomic mass is 16.5. The number of rotatable bonds is 4. The lowest BCUT2D eigenvalue weighted by atomic mass is 10.3. The second-order valence-electron chi connectivity index (χ2n) is 5.67. The summed E-state index contributed by atoms with van der Waals surface area (Å²) >= 11 is 0. The molecule has 2 aromatic rings. The molecule has 0 atom stereocenters. The zero-order valence-electron chi connectivity index (χ0n) is 13.8. The van der Waals surface area contributed by atoms with Gasteiger partial charge in [0.1, 0.15) is 12.4 Å². The van der Waals surface area contributed by atoms with Crippen LogP contribution in [0.3, 0.4) is 0 Å². The van der Waals surface area contributed by atoms with E-state index in [1.807, 2.05) is 6.07 Å². The van der Waals surface area contributed by atoms with Crippen LogP contribution in [0.5, 0.6) is 0 Å². The Hall–Kier alpha value is -2.94. The minimum Gasteiger partial charge on any atom is -0.378 e. The second-order valence-corrected chi connectivity index (χ2v) is 5.67. The van der Waals surface area contributed by atoms with Crippen LogP contribution < -0.4 is 21.5 Å². The Morgan fingerprint density at radius 2 is 2.00 bits per heavy atom. The van der Waals surface area contributed by atoms with Crippen LogP contribution in [0.15, 0.2) is 40.2 Å². The van der Waals surface area contributed by atoms with Gasteiger partial charge in [0.05, 0.1) is 25.1 Å². The van der Waals surface area contributed by atoms with Gasteiger partial charge in [-0.1, -0.05) is 0 Å². The van der Waals surface area contributed by atoms with Gasteiger partial charge in [-0.05, 0) is 12.1 Å². The molecule has 9 nitrogen and oxygen atoms in total. The third-order valence-electron chi connectivity index (χ3n) is 3.97. The molecule has 0 radical (unpaired) electrons. The molecule has 25 heavy (non-hydrogen) atoms. The van der Waals surface area contributed by atoms with Crippen molar-refractivity contribution in [3.05, 3.63) is 51.4 Å². The Bertz CT molecular complexity index is 865. The molecule has 1 amide bonds. The fourth-order valence-electron chi connectivity index (χ4n) is 2.54. The topological polar surface area (TPSA) is 98.5 Å². The van der Waals surface area contributed by atoms with Crippen molar-refractivity contribution >= 4 is 17.4 Å². The molecule has 0 bridgehead atoms. The average Bonchev–Trinajstić information content (AvgIpc) is 2.63. The lowest BCUT2D eigenvalue weighted by molar-refractivity contribution is -0.116. The molecule has 132 valence electrons. The molecule has 0 spiro atoms. The van der Waals surface area contributed by atoms with Gasteiger partial charge < -0.3 is 15.0 Å². The van der Waals surface area contributed by atoms with Gasteiger partial charge in [0, 0.05) is 32.4 Å². The van der Waals surface area contributed by atoms with Gasteiger partial charge in [0.25, 0.3) is 5.56 Å². The van der Waals surface area contributed by atoms with Crippen molar-refractivity contribution in [1.29, 1.82) is 0 Å². The standard InChI is InChI=1S/C16H19N5O4/c1-19-15(23)4-5-21(16(19)24)11-14(22)18-13-3-2-12(10-17-13)20-6-8-25-9-7-20/h2-5,10H,6-9,11H2,1H3,(H,17,18,22). The van der Waals surface area contributed by atoms with Gasteiger partial charge in [0.15, 0.2) is 0 Å². The fourth-order valence-corrected chi connectivity index (χ4v) is 2.54. The first-order valence-electron chi connectivity index (χ1n) is 7.89. The summed E-state index contributed by atoms with van der Waals surface area (Å²) in [6, 6.07) is 4.84. The van der Waals surface area contributed by atoms with E-state index in [0.29, 0.717) is 19.0 Å². The summed E-state index contributed by atoms with van der Waals surface area (Å²) in [4.78, 5) is 41.8. The smallest absolute Gasteiger partial charge is 0.331 e. The van der Waals surface area contributed by atoms with Crippen LogP contribution >= 0.6 is 0 Å². The maximum atomic E-state index is 12.1. The number of hydrogen-bond acceptors (Lipinski definition) is 6. The van der Waals surface area contributed by atoms with Gasteiger partial charge in [-0.15, -0.1) is 0 Å². The van der Waals surface area contributed by atoms with Crippen molar-refractivity contribution < 1.29 is 9.53 Å². The van der Waals surface area contributed by atoms with E-state index in [9.17, 15) is 14.4 Å². The van der Waals surface area contributed by atoms with E-state index < -0.39 is 17.2 Å². The van der Waals surface area contributed by atoms with E-state index in [1.54, 1.807) is 12.3 Å². The number of ether oxygens (including phenoxy) is 1. The molecule has 3 rings (SSSR count). The van der Waals surface area contributed by atoms with Crippen LogP contribution in [0.4, 0.5) is 11.5 Å². The SMILES string of the molecule is Cn1c(=O)ccn(CC(=O)Nc2ccc(N3CCOCC3)cn2)c1=O.